The van der Waals surface area contributed by atoms with Crippen LogP contribution in [0.4, 0.5) is 0 Å². The van der Waals surface area contributed by atoms with Gasteiger partial charge in [-0.25, -0.2) is 14.4 Å². The first-order valence-corrected chi connectivity index (χ1v) is 11.1. The Morgan fingerprint density at radius 1 is 0.735 bits per heavy atom. The standard InChI is InChI=1S/C27H25NO6/c1-4-32-25(29)22-16(3)24(27(31)33-5-2)28-21(22)15-34-26(30)23-19-12-8-6-10-17(19)14-18-11-7-9-13-20(18)23/h6-14,28H,4-5,15H2,1-3H3. The molecular formula is C27H25NO6. The minimum absolute atomic E-state index is 0.131. The van der Waals surface area contributed by atoms with E-state index in [4.69, 9.17) is 14.2 Å². The molecule has 0 aliphatic rings. The van der Waals surface area contributed by atoms with E-state index in [-0.39, 0.29) is 36.8 Å². The molecule has 0 unspecified atom stereocenters. The Kier molecular flexibility index (Phi) is 6.63. The minimum atomic E-state index is -0.603. The van der Waals surface area contributed by atoms with E-state index in [1.54, 1.807) is 20.8 Å². The number of ether oxygens (including phenoxy) is 3. The molecule has 3 aromatic carbocycles. The van der Waals surface area contributed by atoms with Crippen LogP contribution in [0.25, 0.3) is 21.5 Å². The van der Waals surface area contributed by atoms with E-state index < -0.39 is 17.9 Å². The van der Waals surface area contributed by atoms with Crippen molar-refractivity contribution in [3.8, 4) is 0 Å². The summed E-state index contributed by atoms with van der Waals surface area (Å²) < 4.78 is 15.9. The van der Waals surface area contributed by atoms with Crippen molar-refractivity contribution in [3.05, 3.63) is 82.7 Å². The lowest BCUT2D eigenvalue weighted by Crippen LogP contribution is -2.12. The highest BCUT2D eigenvalue weighted by molar-refractivity contribution is 6.16. The molecule has 0 aliphatic heterocycles. The first-order chi connectivity index (χ1) is 16.5. The highest BCUT2D eigenvalue weighted by atomic mass is 16.5. The zero-order chi connectivity index (χ0) is 24.2. The summed E-state index contributed by atoms with van der Waals surface area (Å²) in [5, 5.41) is 3.37. The van der Waals surface area contributed by atoms with Gasteiger partial charge in [-0.1, -0.05) is 48.5 Å². The lowest BCUT2D eigenvalue weighted by atomic mass is 9.97. The quantitative estimate of drug-likeness (QED) is 0.228. The number of carbonyl (C=O) groups excluding carboxylic acids is 3. The van der Waals surface area contributed by atoms with E-state index in [0.717, 1.165) is 21.5 Å². The average Bonchev–Trinajstić information content (AvgIpc) is 3.17. The second-order valence-corrected chi connectivity index (χ2v) is 7.69. The van der Waals surface area contributed by atoms with E-state index in [0.29, 0.717) is 11.1 Å². The van der Waals surface area contributed by atoms with Gasteiger partial charge in [-0.2, -0.15) is 0 Å². The fourth-order valence-corrected chi connectivity index (χ4v) is 4.10. The van der Waals surface area contributed by atoms with Crippen LogP contribution in [0, 0.1) is 6.92 Å². The molecule has 4 rings (SSSR count). The maximum absolute atomic E-state index is 13.3. The second-order valence-electron chi connectivity index (χ2n) is 7.69. The maximum Gasteiger partial charge on any atom is 0.355 e. The number of fused-ring (bicyclic) bond motifs is 2. The summed E-state index contributed by atoms with van der Waals surface area (Å²) in [5.74, 6) is -1.73. The first-order valence-electron chi connectivity index (χ1n) is 11.1. The molecule has 0 spiro atoms. The van der Waals surface area contributed by atoms with Gasteiger partial charge in [0, 0.05) is 0 Å². The highest BCUT2D eigenvalue weighted by Gasteiger charge is 2.27. The van der Waals surface area contributed by atoms with Crippen LogP contribution in [0.1, 0.15) is 56.3 Å². The molecule has 4 aromatic rings. The van der Waals surface area contributed by atoms with Crippen LogP contribution in [0.5, 0.6) is 0 Å². The van der Waals surface area contributed by atoms with Crippen molar-refractivity contribution in [2.45, 2.75) is 27.4 Å². The number of esters is 3. The molecule has 34 heavy (non-hydrogen) atoms. The predicted molar refractivity (Wildman–Crippen MR) is 128 cm³/mol. The second kappa shape index (κ2) is 9.79. The van der Waals surface area contributed by atoms with E-state index >= 15 is 0 Å². The molecule has 1 heterocycles. The summed E-state index contributed by atoms with van der Waals surface area (Å²) in [5.41, 5.74) is 1.41. The van der Waals surface area contributed by atoms with Crippen LogP contribution < -0.4 is 0 Å². The van der Waals surface area contributed by atoms with Crippen molar-refractivity contribution in [1.29, 1.82) is 0 Å². The predicted octanol–water partition coefficient (Wildman–Crippen LogP) is 5.34. The van der Waals surface area contributed by atoms with Crippen molar-refractivity contribution >= 4 is 39.5 Å². The van der Waals surface area contributed by atoms with E-state index in [1.165, 1.54) is 0 Å². The van der Waals surface area contributed by atoms with Crippen LogP contribution >= 0.6 is 0 Å². The molecule has 1 aromatic heterocycles. The number of H-pyrrole nitrogens is 1. The number of aromatic nitrogens is 1. The van der Waals surface area contributed by atoms with Crippen LogP contribution in [0.2, 0.25) is 0 Å². The summed E-state index contributed by atoms with van der Waals surface area (Å²) in [4.78, 5) is 41.2. The maximum atomic E-state index is 13.3. The summed E-state index contributed by atoms with van der Waals surface area (Å²) in [6.07, 6.45) is 0. The zero-order valence-electron chi connectivity index (χ0n) is 19.3. The van der Waals surface area contributed by atoms with Crippen molar-refractivity contribution in [3.63, 3.8) is 0 Å². The summed E-state index contributed by atoms with van der Waals surface area (Å²) in [7, 11) is 0. The Morgan fingerprint density at radius 3 is 1.85 bits per heavy atom. The van der Waals surface area contributed by atoms with E-state index in [1.807, 2.05) is 54.6 Å². The van der Waals surface area contributed by atoms with Gasteiger partial charge in [-0.05, 0) is 53.9 Å². The number of hydrogen-bond acceptors (Lipinski definition) is 6. The topological polar surface area (TPSA) is 94.7 Å². The number of aromatic amines is 1. The smallest absolute Gasteiger partial charge is 0.355 e. The molecule has 0 amide bonds. The molecule has 0 saturated heterocycles. The Hall–Kier alpha value is -4.13. The van der Waals surface area contributed by atoms with Gasteiger partial charge in [0.05, 0.1) is 30.0 Å². The van der Waals surface area contributed by atoms with Gasteiger partial charge in [-0.15, -0.1) is 0 Å². The molecule has 174 valence electrons. The van der Waals surface area contributed by atoms with Gasteiger partial charge < -0.3 is 19.2 Å². The molecule has 7 nitrogen and oxygen atoms in total. The average molecular weight is 459 g/mol. The molecular weight excluding hydrogens is 434 g/mol. The summed E-state index contributed by atoms with van der Waals surface area (Å²) >= 11 is 0. The number of nitrogens with one attached hydrogen (secondary N) is 1. The van der Waals surface area contributed by atoms with E-state index in [9.17, 15) is 14.4 Å². The van der Waals surface area contributed by atoms with Gasteiger partial charge >= 0.3 is 17.9 Å². The van der Waals surface area contributed by atoms with Crippen molar-refractivity contribution < 1.29 is 28.6 Å². The van der Waals surface area contributed by atoms with Gasteiger partial charge in [0.1, 0.15) is 12.3 Å². The summed E-state index contributed by atoms with van der Waals surface area (Å²) in [6.45, 7) is 5.12. The molecule has 0 aliphatic carbocycles. The third-order valence-corrected chi connectivity index (χ3v) is 5.61. The lowest BCUT2D eigenvalue weighted by molar-refractivity contribution is 0.0449. The fraction of sp³-hybridized carbons (Fsp3) is 0.222. The normalized spacial score (nSPS) is 10.9. The van der Waals surface area contributed by atoms with Gasteiger partial charge in [0.25, 0.3) is 0 Å². The van der Waals surface area contributed by atoms with Gasteiger partial charge in [0.15, 0.2) is 0 Å². The molecule has 0 bridgehead atoms. The van der Waals surface area contributed by atoms with Crippen molar-refractivity contribution in [2.75, 3.05) is 13.2 Å². The largest absolute Gasteiger partial charge is 0.462 e. The first kappa shape index (κ1) is 23.0. The van der Waals surface area contributed by atoms with Crippen LogP contribution in [0.3, 0.4) is 0 Å². The number of carbonyl (C=O) groups is 3. The van der Waals surface area contributed by atoms with Crippen molar-refractivity contribution in [2.24, 2.45) is 0 Å². The Bertz CT molecular complexity index is 1350. The van der Waals surface area contributed by atoms with Crippen LogP contribution in [0.15, 0.2) is 54.6 Å². The Labute approximate surface area is 196 Å². The molecule has 0 fully saturated rings. The molecule has 0 atom stereocenters. The number of hydrogen-bond donors (Lipinski definition) is 1. The molecule has 1 N–H and O–H groups in total. The Balaban J connectivity index is 1.72. The number of rotatable bonds is 7. The zero-order valence-corrected chi connectivity index (χ0v) is 19.3. The molecule has 0 saturated carbocycles. The fourth-order valence-electron chi connectivity index (χ4n) is 4.10. The third-order valence-electron chi connectivity index (χ3n) is 5.61. The number of benzene rings is 3. The SMILES string of the molecule is CCOC(=O)c1[nH]c(COC(=O)c2c3ccccc3cc3ccccc23)c(C(=O)OCC)c1C. The monoisotopic (exact) mass is 459 g/mol. The van der Waals surface area contributed by atoms with E-state index in [2.05, 4.69) is 4.98 Å². The van der Waals surface area contributed by atoms with Gasteiger partial charge in [-0.3, -0.25) is 0 Å². The summed E-state index contributed by atoms with van der Waals surface area (Å²) in [6, 6.07) is 17.2. The minimum Gasteiger partial charge on any atom is -0.462 e. The van der Waals surface area contributed by atoms with Crippen LogP contribution in [-0.2, 0) is 20.8 Å². The Morgan fingerprint density at radius 2 is 1.26 bits per heavy atom. The molecule has 7 heteroatoms. The lowest BCUT2D eigenvalue weighted by Gasteiger charge is -2.12. The van der Waals surface area contributed by atoms with Crippen LogP contribution in [-0.4, -0.2) is 36.1 Å². The molecule has 0 radical (unpaired) electrons. The van der Waals surface area contributed by atoms with Gasteiger partial charge in [0.2, 0.25) is 0 Å². The highest BCUT2D eigenvalue weighted by Crippen LogP contribution is 2.30. The van der Waals surface area contributed by atoms with Crippen molar-refractivity contribution in [1.82, 2.24) is 4.98 Å². The third kappa shape index (κ3) is 4.24.